The number of rotatable bonds is 5. The van der Waals surface area contributed by atoms with Crippen molar-refractivity contribution >= 4 is 56.9 Å². The quantitative estimate of drug-likeness (QED) is 0.659. The average molecular weight is 394 g/mol. The predicted octanol–water partition coefficient (Wildman–Crippen LogP) is 1.94. The van der Waals surface area contributed by atoms with E-state index in [1.54, 1.807) is 6.92 Å². The van der Waals surface area contributed by atoms with Gasteiger partial charge in [-0.3, -0.25) is 15.0 Å². The van der Waals surface area contributed by atoms with Crippen molar-refractivity contribution in [3.8, 4) is 0 Å². The van der Waals surface area contributed by atoms with Crippen LogP contribution in [-0.4, -0.2) is 41.1 Å². The monoisotopic (exact) mass is 394 g/mol. The van der Waals surface area contributed by atoms with Gasteiger partial charge in [-0.05, 0) is 31.7 Å². The van der Waals surface area contributed by atoms with E-state index >= 15 is 0 Å². The summed E-state index contributed by atoms with van der Waals surface area (Å²) in [5.74, 6) is -1.05. The van der Waals surface area contributed by atoms with Crippen molar-refractivity contribution in [2.75, 3.05) is 17.7 Å². The first-order valence-corrected chi connectivity index (χ1v) is 9.98. The third kappa shape index (κ3) is 4.13. The van der Waals surface area contributed by atoms with Gasteiger partial charge in [0.05, 0.1) is 24.3 Å². The number of hydrogen-bond acceptors (Lipinski definition) is 7. The summed E-state index contributed by atoms with van der Waals surface area (Å²) in [5.41, 5.74) is 1.45. The van der Waals surface area contributed by atoms with E-state index < -0.39 is 5.97 Å². The lowest BCUT2D eigenvalue weighted by molar-refractivity contribution is -0.118. The normalized spacial score (nSPS) is 16.0. The minimum atomic E-state index is -0.410. The number of aryl methyl sites for hydroxylation is 1. The second-order valence-electron chi connectivity index (χ2n) is 5.71. The molecule has 138 valence electrons. The zero-order valence-corrected chi connectivity index (χ0v) is 15.8. The molecule has 0 fully saturated rings. The number of anilines is 1. The number of thioether (sulfide) groups is 1. The van der Waals surface area contributed by atoms with Gasteiger partial charge >= 0.3 is 5.97 Å². The highest BCUT2D eigenvalue weighted by molar-refractivity contribution is 8.14. The summed E-state index contributed by atoms with van der Waals surface area (Å²) in [7, 11) is 0. The first-order chi connectivity index (χ1) is 12.5. The van der Waals surface area contributed by atoms with Gasteiger partial charge in [0.1, 0.15) is 10.8 Å². The summed E-state index contributed by atoms with van der Waals surface area (Å²) in [4.78, 5) is 41.0. The molecule has 0 spiro atoms. The number of aliphatic imine (C=N–C) groups is 1. The van der Waals surface area contributed by atoms with E-state index in [9.17, 15) is 14.4 Å². The molecule has 0 saturated heterocycles. The van der Waals surface area contributed by atoms with Gasteiger partial charge in [0, 0.05) is 4.88 Å². The molecule has 0 unspecified atom stereocenters. The van der Waals surface area contributed by atoms with Crippen molar-refractivity contribution in [1.82, 2.24) is 5.32 Å². The van der Waals surface area contributed by atoms with E-state index in [1.807, 2.05) is 0 Å². The van der Waals surface area contributed by atoms with Crippen molar-refractivity contribution < 1.29 is 19.1 Å². The van der Waals surface area contributed by atoms with E-state index in [0.29, 0.717) is 10.6 Å². The Hall–Kier alpha value is -2.20. The highest BCUT2D eigenvalue weighted by Crippen LogP contribution is 2.39. The van der Waals surface area contributed by atoms with Crippen LogP contribution in [0.1, 0.15) is 40.6 Å². The van der Waals surface area contributed by atoms with Gasteiger partial charge in [-0.25, -0.2) is 9.79 Å². The molecule has 2 amide bonds. The third-order valence-corrected chi connectivity index (χ3v) is 5.89. The van der Waals surface area contributed by atoms with Crippen molar-refractivity contribution in [2.24, 2.45) is 4.99 Å². The summed E-state index contributed by atoms with van der Waals surface area (Å²) in [6.45, 7) is 2.02. The Labute approximate surface area is 158 Å². The average Bonchev–Trinajstić information content (AvgIpc) is 3.12. The number of nitrogens with zero attached hydrogens (tertiary/aromatic N) is 1. The molecule has 26 heavy (non-hydrogen) atoms. The van der Waals surface area contributed by atoms with Crippen molar-refractivity contribution in [1.29, 1.82) is 5.41 Å². The molecule has 3 rings (SSSR count). The fraction of sp³-hybridized carbons (Fsp3) is 0.438. The number of carbonyl (C=O) groups is 3. The maximum absolute atomic E-state index is 12.3. The number of esters is 1. The number of nitrogens with one attached hydrogen (secondary N) is 3. The van der Waals surface area contributed by atoms with E-state index in [4.69, 9.17) is 10.1 Å². The molecule has 1 aromatic heterocycles. The molecule has 8 nitrogen and oxygen atoms in total. The van der Waals surface area contributed by atoms with Crippen LogP contribution in [0.4, 0.5) is 5.00 Å². The Kier molecular flexibility index (Phi) is 5.72. The predicted molar refractivity (Wildman–Crippen MR) is 101 cm³/mol. The number of carbonyl (C=O) groups excluding carboxylic acids is 3. The van der Waals surface area contributed by atoms with Gasteiger partial charge in [0.15, 0.2) is 5.17 Å². The summed E-state index contributed by atoms with van der Waals surface area (Å²) >= 11 is 2.46. The SMILES string of the molecule is CCOC(=O)c1c(NC(=O)CSC2=NC(=N)CC(=O)N2)sc2c1CCC2. The Bertz CT molecular complexity index is 815. The van der Waals surface area contributed by atoms with Crippen molar-refractivity contribution in [2.45, 2.75) is 32.6 Å². The van der Waals surface area contributed by atoms with Gasteiger partial charge in [-0.15, -0.1) is 11.3 Å². The molecule has 3 N–H and O–H groups in total. The highest BCUT2D eigenvalue weighted by atomic mass is 32.2. The highest BCUT2D eigenvalue weighted by Gasteiger charge is 2.28. The number of fused-ring (bicyclic) bond motifs is 1. The first kappa shape index (κ1) is 18.6. The van der Waals surface area contributed by atoms with Gasteiger partial charge in [0.25, 0.3) is 0 Å². The van der Waals surface area contributed by atoms with Crippen LogP contribution < -0.4 is 10.6 Å². The van der Waals surface area contributed by atoms with Crippen LogP contribution in [0.25, 0.3) is 0 Å². The van der Waals surface area contributed by atoms with Crippen LogP contribution >= 0.6 is 23.1 Å². The lowest BCUT2D eigenvalue weighted by atomic mass is 10.1. The molecule has 1 aromatic rings. The fourth-order valence-corrected chi connectivity index (χ4v) is 4.78. The standard InChI is InChI=1S/C16H18N4O4S2/c1-2-24-15(23)13-8-4-3-5-9(8)26-14(13)19-12(22)7-25-16-18-10(17)6-11(21)20-16/h2-7H2,1H3,(H,19,22)(H2,17,18,20,21). The topological polar surface area (TPSA) is 121 Å². The first-order valence-electron chi connectivity index (χ1n) is 8.18. The third-order valence-electron chi connectivity index (χ3n) is 3.80. The Morgan fingerprint density at radius 1 is 1.42 bits per heavy atom. The minimum absolute atomic E-state index is 0.0111. The van der Waals surface area contributed by atoms with Gasteiger partial charge in [-0.2, -0.15) is 0 Å². The maximum atomic E-state index is 12.3. The Morgan fingerprint density at radius 2 is 2.23 bits per heavy atom. The van der Waals surface area contributed by atoms with Crippen molar-refractivity contribution in [3.05, 3.63) is 16.0 Å². The second-order valence-corrected chi connectivity index (χ2v) is 7.78. The molecule has 0 radical (unpaired) electrons. The zero-order valence-electron chi connectivity index (χ0n) is 14.1. The molecule has 0 bridgehead atoms. The second kappa shape index (κ2) is 8.00. The van der Waals surface area contributed by atoms with E-state index in [-0.39, 0.29) is 41.6 Å². The van der Waals surface area contributed by atoms with Crippen LogP contribution in [0.2, 0.25) is 0 Å². The Morgan fingerprint density at radius 3 is 2.96 bits per heavy atom. The molecule has 1 aliphatic carbocycles. The van der Waals surface area contributed by atoms with Crippen molar-refractivity contribution in [3.63, 3.8) is 0 Å². The lowest BCUT2D eigenvalue weighted by Crippen LogP contribution is -2.35. The Balaban J connectivity index is 1.67. The summed E-state index contributed by atoms with van der Waals surface area (Å²) in [5, 5.41) is 13.5. The number of hydrogen-bond donors (Lipinski definition) is 3. The van der Waals surface area contributed by atoms with Gasteiger partial charge in [-0.1, -0.05) is 11.8 Å². The van der Waals surface area contributed by atoms with Gasteiger partial charge < -0.3 is 15.4 Å². The smallest absolute Gasteiger partial charge is 0.341 e. The van der Waals surface area contributed by atoms with E-state index in [2.05, 4.69) is 15.6 Å². The van der Waals surface area contributed by atoms with Crippen LogP contribution in [0.3, 0.4) is 0 Å². The molecule has 1 aliphatic heterocycles. The summed E-state index contributed by atoms with van der Waals surface area (Å²) in [6, 6.07) is 0. The van der Waals surface area contributed by atoms with E-state index in [0.717, 1.165) is 41.5 Å². The summed E-state index contributed by atoms with van der Waals surface area (Å²) < 4.78 is 5.13. The molecule has 2 heterocycles. The van der Waals surface area contributed by atoms with E-state index in [1.165, 1.54) is 11.3 Å². The molecule has 0 saturated carbocycles. The number of thiophene rings is 1. The number of amidine groups is 2. The number of ether oxygens (including phenoxy) is 1. The van der Waals surface area contributed by atoms with Gasteiger partial charge in [0.2, 0.25) is 11.8 Å². The largest absolute Gasteiger partial charge is 0.462 e. The molecule has 2 aliphatic rings. The molecular weight excluding hydrogens is 376 g/mol. The molecule has 0 atom stereocenters. The molecule has 10 heteroatoms. The fourth-order valence-electron chi connectivity index (χ4n) is 2.78. The van der Waals surface area contributed by atoms with Crippen LogP contribution in [0.15, 0.2) is 4.99 Å². The number of amides is 2. The van der Waals surface area contributed by atoms with Crippen LogP contribution in [0, 0.1) is 5.41 Å². The summed E-state index contributed by atoms with van der Waals surface area (Å²) in [6.07, 6.45) is 2.67. The lowest BCUT2D eigenvalue weighted by Gasteiger charge is -2.13. The van der Waals surface area contributed by atoms with Crippen LogP contribution in [0.5, 0.6) is 0 Å². The molecular formula is C16H18N4O4S2. The molecule has 0 aromatic carbocycles. The maximum Gasteiger partial charge on any atom is 0.341 e. The minimum Gasteiger partial charge on any atom is -0.462 e. The zero-order chi connectivity index (χ0) is 18.7. The van der Waals surface area contributed by atoms with Crippen LogP contribution in [-0.2, 0) is 27.2 Å².